The highest BCUT2D eigenvalue weighted by Gasteiger charge is 2.36. The van der Waals surface area contributed by atoms with E-state index in [1.165, 1.54) is 21.3 Å². The number of aliphatic hydroxyl groups excluding tert-OH is 1. The summed E-state index contributed by atoms with van der Waals surface area (Å²) in [4.78, 5) is 12.8. The predicted molar refractivity (Wildman–Crippen MR) is 113 cm³/mol. The number of methoxy groups -OCH3 is 4. The summed E-state index contributed by atoms with van der Waals surface area (Å²) >= 11 is 0. The highest BCUT2D eigenvalue weighted by molar-refractivity contribution is 5.78. The summed E-state index contributed by atoms with van der Waals surface area (Å²) in [5, 5.41) is 11.1. The van der Waals surface area contributed by atoms with Crippen LogP contribution in [0.2, 0.25) is 0 Å². The zero-order valence-electron chi connectivity index (χ0n) is 18.5. The predicted octanol–water partition coefficient (Wildman–Crippen LogP) is 3.56. The molecule has 7 nitrogen and oxygen atoms in total. The summed E-state index contributed by atoms with van der Waals surface area (Å²) in [6, 6.07) is 10.5. The third kappa shape index (κ3) is 5.16. The van der Waals surface area contributed by atoms with Gasteiger partial charge >= 0.3 is 5.97 Å². The molecule has 0 heterocycles. The molecule has 0 aliphatic heterocycles. The van der Waals surface area contributed by atoms with Crippen LogP contribution in [-0.2, 0) is 9.53 Å². The van der Waals surface area contributed by atoms with Gasteiger partial charge in [0.25, 0.3) is 0 Å². The van der Waals surface area contributed by atoms with Crippen molar-refractivity contribution in [1.29, 1.82) is 0 Å². The van der Waals surface area contributed by atoms with Crippen LogP contribution in [0.1, 0.15) is 37.8 Å². The van der Waals surface area contributed by atoms with E-state index in [0.717, 1.165) is 0 Å². The molecule has 164 valence electrons. The summed E-state index contributed by atoms with van der Waals surface area (Å²) in [7, 11) is 6.08. The van der Waals surface area contributed by atoms with E-state index in [-0.39, 0.29) is 0 Å². The van der Waals surface area contributed by atoms with Crippen LogP contribution in [0, 0.1) is 0 Å². The first-order valence-corrected chi connectivity index (χ1v) is 9.50. The number of hydrogen-bond acceptors (Lipinski definition) is 7. The first-order chi connectivity index (χ1) is 14.2. The second-order valence-electron chi connectivity index (χ2n) is 7.65. The maximum atomic E-state index is 12.8. The Morgan fingerprint density at radius 1 is 0.833 bits per heavy atom. The molecule has 1 N–H and O–H groups in total. The number of esters is 1. The Hall–Kier alpha value is -2.93. The van der Waals surface area contributed by atoms with Gasteiger partial charge in [-0.1, -0.05) is 18.2 Å². The van der Waals surface area contributed by atoms with Gasteiger partial charge < -0.3 is 28.8 Å². The van der Waals surface area contributed by atoms with Gasteiger partial charge in [-0.05, 0) is 44.5 Å². The van der Waals surface area contributed by atoms with Crippen LogP contribution in [0.5, 0.6) is 23.0 Å². The average Bonchev–Trinajstić information content (AvgIpc) is 2.72. The lowest BCUT2D eigenvalue weighted by Gasteiger charge is -2.28. The molecule has 30 heavy (non-hydrogen) atoms. The molecule has 2 rings (SSSR count). The van der Waals surface area contributed by atoms with Gasteiger partial charge in [0.15, 0.2) is 17.6 Å². The van der Waals surface area contributed by atoms with Crippen molar-refractivity contribution in [3.05, 3.63) is 47.5 Å². The van der Waals surface area contributed by atoms with Gasteiger partial charge in [-0.15, -0.1) is 0 Å². The van der Waals surface area contributed by atoms with Gasteiger partial charge in [0.2, 0.25) is 5.75 Å². The molecule has 0 spiro atoms. The molecule has 0 radical (unpaired) electrons. The number of rotatable bonds is 8. The van der Waals surface area contributed by atoms with E-state index in [0.29, 0.717) is 34.1 Å². The molecule has 0 amide bonds. The van der Waals surface area contributed by atoms with Crippen LogP contribution in [-0.4, -0.2) is 51.2 Å². The van der Waals surface area contributed by atoms with E-state index in [1.807, 2.05) is 0 Å². The van der Waals surface area contributed by atoms with Gasteiger partial charge in [0.1, 0.15) is 11.4 Å². The Balaban J connectivity index is 2.65. The molecule has 0 saturated heterocycles. The van der Waals surface area contributed by atoms with E-state index in [2.05, 4.69) is 0 Å². The summed E-state index contributed by atoms with van der Waals surface area (Å²) in [5.41, 5.74) is 0.489. The standard InChI is InChI=1S/C23H30O7/c1-23(2,3)30-22(25)19(24)18(14-8-10-15(26-4)11-9-14)16-12-13-17(27-5)21(29-7)20(16)28-6/h8-13,18-19,24H,1-7H3/t18-,19-/m0/s1. The third-order valence-electron chi connectivity index (χ3n) is 4.51. The highest BCUT2D eigenvalue weighted by Crippen LogP contribution is 2.45. The van der Waals surface area contributed by atoms with E-state index < -0.39 is 23.6 Å². The van der Waals surface area contributed by atoms with Crippen LogP contribution in [0.4, 0.5) is 0 Å². The number of ether oxygens (including phenoxy) is 5. The molecule has 0 aliphatic rings. The maximum Gasteiger partial charge on any atom is 0.336 e. The zero-order valence-corrected chi connectivity index (χ0v) is 18.5. The first-order valence-electron chi connectivity index (χ1n) is 9.50. The number of carbonyl (C=O) groups excluding carboxylic acids is 1. The number of carbonyl (C=O) groups is 1. The van der Waals surface area contributed by atoms with Gasteiger partial charge in [0.05, 0.1) is 28.4 Å². The topological polar surface area (TPSA) is 83.5 Å². The lowest BCUT2D eigenvalue weighted by Crippen LogP contribution is -2.36. The molecule has 0 aliphatic carbocycles. The van der Waals surface area contributed by atoms with E-state index in [9.17, 15) is 9.90 Å². The smallest absolute Gasteiger partial charge is 0.336 e. The molecule has 2 aromatic carbocycles. The maximum absolute atomic E-state index is 12.8. The molecular formula is C23H30O7. The lowest BCUT2D eigenvalue weighted by molar-refractivity contribution is -0.165. The number of benzene rings is 2. The first kappa shape index (κ1) is 23.3. The summed E-state index contributed by atoms with van der Waals surface area (Å²) in [6.07, 6.45) is -1.48. The van der Waals surface area contributed by atoms with Crippen molar-refractivity contribution in [2.45, 2.75) is 38.4 Å². The third-order valence-corrected chi connectivity index (χ3v) is 4.51. The summed E-state index contributed by atoms with van der Waals surface area (Å²) in [6.45, 7) is 5.24. The van der Waals surface area contributed by atoms with Crippen LogP contribution in [0.3, 0.4) is 0 Å². The fraction of sp³-hybridized carbons (Fsp3) is 0.435. The Bertz CT molecular complexity index is 853. The fourth-order valence-corrected chi connectivity index (χ4v) is 3.21. The van der Waals surface area contributed by atoms with Gasteiger partial charge in [-0.3, -0.25) is 0 Å². The van der Waals surface area contributed by atoms with Gasteiger partial charge in [-0.2, -0.15) is 0 Å². The van der Waals surface area contributed by atoms with E-state index >= 15 is 0 Å². The largest absolute Gasteiger partial charge is 0.497 e. The minimum atomic E-state index is -1.48. The van der Waals surface area contributed by atoms with Crippen LogP contribution in [0.25, 0.3) is 0 Å². The van der Waals surface area contributed by atoms with Crippen molar-refractivity contribution in [2.75, 3.05) is 28.4 Å². The minimum absolute atomic E-state index is 0.361. The zero-order chi connectivity index (χ0) is 22.5. The molecule has 2 atom stereocenters. The second kappa shape index (κ2) is 9.71. The van der Waals surface area contributed by atoms with E-state index in [1.54, 1.807) is 64.3 Å². The van der Waals surface area contributed by atoms with Gasteiger partial charge in [-0.25, -0.2) is 4.79 Å². The highest BCUT2D eigenvalue weighted by atomic mass is 16.6. The van der Waals surface area contributed by atoms with Crippen molar-refractivity contribution in [2.24, 2.45) is 0 Å². The molecule has 2 aromatic rings. The lowest BCUT2D eigenvalue weighted by atomic mass is 9.85. The van der Waals surface area contributed by atoms with Crippen molar-refractivity contribution in [3.63, 3.8) is 0 Å². The monoisotopic (exact) mass is 418 g/mol. The number of hydrogen-bond donors (Lipinski definition) is 1. The van der Waals surface area contributed by atoms with Crippen molar-refractivity contribution >= 4 is 5.97 Å². The summed E-state index contributed by atoms with van der Waals surface area (Å²) < 4.78 is 27.1. The van der Waals surface area contributed by atoms with Crippen LogP contribution < -0.4 is 18.9 Å². The molecule has 7 heteroatoms. The number of aliphatic hydroxyl groups is 1. The van der Waals surface area contributed by atoms with E-state index in [4.69, 9.17) is 23.7 Å². The normalized spacial score (nSPS) is 13.2. The van der Waals surface area contributed by atoms with Crippen molar-refractivity contribution in [1.82, 2.24) is 0 Å². The molecule has 0 aromatic heterocycles. The van der Waals surface area contributed by atoms with Crippen LogP contribution in [0.15, 0.2) is 36.4 Å². The Morgan fingerprint density at radius 2 is 1.43 bits per heavy atom. The Morgan fingerprint density at radius 3 is 1.90 bits per heavy atom. The quantitative estimate of drug-likeness (QED) is 0.656. The van der Waals surface area contributed by atoms with Crippen molar-refractivity contribution in [3.8, 4) is 23.0 Å². The molecule has 0 saturated carbocycles. The summed E-state index contributed by atoms with van der Waals surface area (Å²) in [5.74, 6) is 0.343. The van der Waals surface area contributed by atoms with Crippen LogP contribution >= 0.6 is 0 Å². The average molecular weight is 418 g/mol. The Labute approximate surface area is 177 Å². The Kier molecular flexibility index (Phi) is 7.56. The molecule has 0 fully saturated rings. The molecule has 0 unspecified atom stereocenters. The fourth-order valence-electron chi connectivity index (χ4n) is 3.21. The van der Waals surface area contributed by atoms with Gasteiger partial charge in [0, 0.05) is 11.5 Å². The van der Waals surface area contributed by atoms with Crippen molar-refractivity contribution < 1.29 is 33.6 Å². The molecular weight excluding hydrogens is 388 g/mol. The molecule has 0 bridgehead atoms. The minimum Gasteiger partial charge on any atom is -0.497 e. The second-order valence-corrected chi connectivity index (χ2v) is 7.65. The SMILES string of the molecule is COc1ccc([C@@H](c2ccc(OC)c(OC)c2OC)[C@H](O)C(=O)OC(C)(C)C)cc1.